The second kappa shape index (κ2) is 7.65. The number of ether oxygens (including phenoxy) is 3. The number of alkyl halides is 2. The molecule has 0 aliphatic carbocycles. The number of aromatic amines is 1. The predicted octanol–water partition coefficient (Wildman–Crippen LogP) is 2.88. The maximum atomic E-state index is 12.6. The summed E-state index contributed by atoms with van der Waals surface area (Å²) in [6.45, 7) is -2.92. The summed E-state index contributed by atoms with van der Waals surface area (Å²) in [4.78, 5) is 11.3. The highest BCUT2D eigenvalue weighted by Gasteiger charge is 2.15. The van der Waals surface area contributed by atoms with Crippen molar-refractivity contribution in [3.05, 3.63) is 36.0 Å². The van der Waals surface area contributed by atoms with Crippen LogP contribution in [-0.4, -0.2) is 40.0 Å². The number of aromatic nitrogens is 3. The highest BCUT2D eigenvalue weighted by molar-refractivity contribution is 7.84. The first-order valence-electron chi connectivity index (χ1n) is 7.41. The standard InChI is InChI=1S/C16H15F2N3O4S/c1-23-13-6-3-9(19-14(13)24-2)8-26(22)16-20-11-5-4-10(25-15(17)18)7-12(11)21-16/h3-7,15H,8H2,1-2H3,(H,20,21). The lowest BCUT2D eigenvalue weighted by molar-refractivity contribution is -0.0497. The number of halogens is 2. The Bertz CT molecular complexity index is 948. The first-order valence-corrected chi connectivity index (χ1v) is 8.73. The molecule has 0 fully saturated rings. The smallest absolute Gasteiger partial charge is 0.387 e. The fourth-order valence-electron chi connectivity index (χ4n) is 2.30. The molecule has 2 heterocycles. The lowest BCUT2D eigenvalue weighted by Crippen LogP contribution is -2.02. The summed E-state index contributed by atoms with van der Waals surface area (Å²) >= 11 is 0. The minimum absolute atomic E-state index is 0.00459. The van der Waals surface area contributed by atoms with Crippen molar-refractivity contribution in [1.29, 1.82) is 0 Å². The summed E-state index contributed by atoms with van der Waals surface area (Å²) < 4.78 is 51.7. The predicted molar refractivity (Wildman–Crippen MR) is 90.2 cm³/mol. The molecule has 3 rings (SSSR count). The van der Waals surface area contributed by atoms with Crippen molar-refractivity contribution in [2.45, 2.75) is 17.5 Å². The molecular formula is C16H15F2N3O4S. The van der Waals surface area contributed by atoms with E-state index in [1.165, 1.54) is 32.4 Å². The molecule has 1 aromatic carbocycles. The molecule has 0 spiro atoms. The SMILES string of the molecule is COc1ccc(CS(=O)c2nc3ccc(OC(F)F)cc3[nH]2)nc1OC. The van der Waals surface area contributed by atoms with E-state index >= 15 is 0 Å². The number of hydrogen-bond donors (Lipinski definition) is 1. The third kappa shape index (κ3) is 3.90. The van der Waals surface area contributed by atoms with Crippen LogP contribution in [0.2, 0.25) is 0 Å². The maximum absolute atomic E-state index is 12.6. The van der Waals surface area contributed by atoms with Gasteiger partial charge < -0.3 is 19.2 Å². The molecule has 0 radical (unpaired) electrons. The Morgan fingerprint density at radius 2 is 1.96 bits per heavy atom. The molecule has 2 aromatic heterocycles. The molecule has 0 saturated heterocycles. The maximum Gasteiger partial charge on any atom is 0.387 e. The van der Waals surface area contributed by atoms with E-state index in [9.17, 15) is 13.0 Å². The zero-order valence-corrected chi connectivity index (χ0v) is 14.7. The van der Waals surface area contributed by atoms with Gasteiger partial charge in [0.05, 0.1) is 47.5 Å². The van der Waals surface area contributed by atoms with Gasteiger partial charge in [0.15, 0.2) is 10.9 Å². The Morgan fingerprint density at radius 1 is 1.15 bits per heavy atom. The van der Waals surface area contributed by atoms with Crippen LogP contribution in [0.3, 0.4) is 0 Å². The molecule has 26 heavy (non-hydrogen) atoms. The normalized spacial score (nSPS) is 12.3. The van der Waals surface area contributed by atoms with Crippen molar-refractivity contribution in [2.75, 3.05) is 14.2 Å². The molecule has 0 bridgehead atoms. The number of fused-ring (bicyclic) bond motifs is 1. The monoisotopic (exact) mass is 383 g/mol. The average molecular weight is 383 g/mol. The van der Waals surface area contributed by atoms with Crippen molar-refractivity contribution < 1.29 is 27.2 Å². The number of nitrogens with zero attached hydrogens (tertiary/aromatic N) is 2. The van der Waals surface area contributed by atoms with Gasteiger partial charge in [0.1, 0.15) is 5.75 Å². The van der Waals surface area contributed by atoms with Crippen LogP contribution in [0, 0.1) is 0 Å². The summed E-state index contributed by atoms with van der Waals surface area (Å²) in [6, 6.07) is 7.61. The molecule has 0 amide bonds. The number of pyridine rings is 1. The van der Waals surface area contributed by atoms with Gasteiger partial charge in [0, 0.05) is 6.07 Å². The summed E-state index contributed by atoms with van der Waals surface area (Å²) in [5.41, 5.74) is 1.48. The summed E-state index contributed by atoms with van der Waals surface area (Å²) in [6.07, 6.45) is 0. The van der Waals surface area contributed by atoms with Crippen LogP contribution in [0.25, 0.3) is 11.0 Å². The second-order valence-corrected chi connectivity index (χ2v) is 6.47. The molecular weight excluding hydrogens is 368 g/mol. The molecule has 1 unspecified atom stereocenters. The largest absolute Gasteiger partial charge is 0.491 e. The first kappa shape index (κ1) is 18.1. The van der Waals surface area contributed by atoms with Crippen LogP contribution in [0.4, 0.5) is 8.78 Å². The fraction of sp³-hybridized carbons (Fsp3) is 0.250. The van der Waals surface area contributed by atoms with Crippen LogP contribution in [0.5, 0.6) is 17.4 Å². The molecule has 0 aliphatic heterocycles. The van der Waals surface area contributed by atoms with Gasteiger partial charge in [-0.05, 0) is 24.3 Å². The molecule has 0 saturated carbocycles. The van der Waals surface area contributed by atoms with E-state index in [1.54, 1.807) is 12.1 Å². The number of H-pyrrole nitrogens is 1. The van der Waals surface area contributed by atoms with Gasteiger partial charge in [-0.1, -0.05) is 0 Å². The zero-order chi connectivity index (χ0) is 18.7. The van der Waals surface area contributed by atoms with Gasteiger partial charge >= 0.3 is 6.61 Å². The number of rotatable bonds is 7. The Morgan fingerprint density at radius 3 is 2.65 bits per heavy atom. The van der Waals surface area contributed by atoms with E-state index in [0.29, 0.717) is 28.4 Å². The highest BCUT2D eigenvalue weighted by Crippen LogP contribution is 2.25. The minimum atomic E-state index is -2.92. The molecule has 138 valence electrons. The van der Waals surface area contributed by atoms with E-state index in [2.05, 4.69) is 19.7 Å². The van der Waals surface area contributed by atoms with Crippen molar-refractivity contribution >= 4 is 21.8 Å². The Kier molecular flexibility index (Phi) is 5.31. The van der Waals surface area contributed by atoms with E-state index in [0.717, 1.165) is 0 Å². The minimum Gasteiger partial charge on any atom is -0.491 e. The third-order valence-corrected chi connectivity index (χ3v) is 4.63. The first-order chi connectivity index (χ1) is 12.5. The van der Waals surface area contributed by atoms with Gasteiger partial charge in [0.2, 0.25) is 0 Å². The van der Waals surface area contributed by atoms with Crippen LogP contribution in [0.15, 0.2) is 35.5 Å². The Hall–Kier alpha value is -2.75. The molecule has 1 N–H and O–H groups in total. The Balaban J connectivity index is 1.81. The van der Waals surface area contributed by atoms with Crippen LogP contribution < -0.4 is 14.2 Å². The zero-order valence-electron chi connectivity index (χ0n) is 13.9. The van der Waals surface area contributed by atoms with Gasteiger partial charge in [-0.15, -0.1) is 0 Å². The van der Waals surface area contributed by atoms with Crippen molar-refractivity contribution in [3.63, 3.8) is 0 Å². The van der Waals surface area contributed by atoms with Crippen LogP contribution in [0.1, 0.15) is 5.69 Å². The van der Waals surface area contributed by atoms with Gasteiger partial charge in [-0.3, -0.25) is 4.21 Å². The lowest BCUT2D eigenvalue weighted by Gasteiger charge is -2.07. The van der Waals surface area contributed by atoms with Gasteiger partial charge in [-0.2, -0.15) is 8.78 Å². The van der Waals surface area contributed by atoms with Crippen LogP contribution in [-0.2, 0) is 16.6 Å². The number of imidazole rings is 1. The van der Waals surface area contributed by atoms with Crippen molar-refractivity contribution in [3.8, 4) is 17.4 Å². The van der Waals surface area contributed by atoms with E-state index in [1.807, 2.05) is 0 Å². The van der Waals surface area contributed by atoms with Crippen molar-refractivity contribution in [1.82, 2.24) is 15.0 Å². The Labute approximate surface area is 149 Å². The topological polar surface area (TPSA) is 86.3 Å². The summed E-state index contributed by atoms with van der Waals surface area (Å²) in [5, 5.41) is 0.214. The lowest BCUT2D eigenvalue weighted by atomic mass is 10.3. The second-order valence-electron chi connectivity index (χ2n) is 5.10. The van der Waals surface area contributed by atoms with E-state index in [-0.39, 0.29) is 16.7 Å². The number of nitrogens with one attached hydrogen (secondary N) is 1. The molecule has 7 nitrogen and oxygen atoms in total. The number of benzene rings is 1. The fourth-order valence-corrected chi connectivity index (χ4v) is 3.29. The average Bonchev–Trinajstić information content (AvgIpc) is 3.04. The number of methoxy groups -OCH3 is 2. The molecule has 0 aliphatic rings. The highest BCUT2D eigenvalue weighted by atomic mass is 32.2. The van der Waals surface area contributed by atoms with Crippen molar-refractivity contribution in [2.24, 2.45) is 0 Å². The molecule has 10 heteroatoms. The molecule has 1 atom stereocenters. The van der Waals surface area contributed by atoms with Crippen LogP contribution >= 0.6 is 0 Å². The number of hydrogen-bond acceptors (Lipinski definition) is 6. The van der Waals surface area contributed by atoms with Gasteiger partial charge in [-0.25, -0.2) is 9.97 Å². The summed E-state index contributed by atoms with van der Waals surface area (Å²) in [5.74, 6) is 0.855. The van der Waals surface area contributed by atoms with E-state index < -0.39 is 17.4 Å². The van der Waals surface area contributed by atoms with E-state index in [4.69, 9.17) is 9.47 Å². The molecule has 3 aromatic rings. The quantitative estimate of drug-likeness (QED) is 0.675. The third-order valence-electron chi connectivity index (χ3n) is 3.45. The van der Waals surface area contributed by atoms with Gasteiger partial charge in [0.25, 0.3) is 5.88 Å². The summed E-state index contributed by atoms with van der Waals surface area (Å²) in [7, 11) is 1.44.